The second-order valence-electron chi connectivity index (χ2n) is 23.0. The molecule has 2 aliphatic heterocycles. The van der Waals surface area contributed by atoms with Crippen molar-refractivity contribution in [2.24, 2.45) is 0 Å². The van der Waals surface area contributed by atoms with E-state index in [4.69, 9.17) is 0 Å². The minimum absolute atomic E-state index is 0.219. The van der Waals surface area contributed by atoms with Gasteiger partial charge in [0.25, 0.3) is 0 Å². The van der Waals surface area contributed by atoms with E-state index < -0.39 is 0 Å². The molecule has 0 atom stereocenters. The van der Waals surface area contributed by atoms with E-state index in [2.05, 4.69) is 286 Å². The van der Waals surface area contributed by atoms with Crippen LogP contribution in [-0.4, -0.2) is 18.8 Å². The number of anilines is 2. The Kier molecular flexibility index (Phi) is 12.5. The first-order valence-corrected chi connectivity index (χ1v) is 28.2. The largest absolute Gasteiger partial charge is 0.344 e. The fourth-order valence-corrected chi connectivity index (χ4v) is 13.5. The Bertz CT molecular complexity index is 3790. The Morgan fingerprint density at radius 2 is 0.744 bits per heavy atom. The van der Waals surface area contributed by atoms with Gasteiger partial charge in [0.2, 0.25) is 17.1 Å². The third-order valence-electron chi connectivity index (χ3n) is 17.4. The van der Waals surface area contributed by atoms with Gasteiger partial charge in [-0.05, 0) is 141 Å². The first-order chi connectivity index (χ1) is 38.0. The van der Waals surface area contributed by atoms with Crippen LogP contribution in [0.4, 0.5) is 22.7 Å². The number of hydrogen-bond acceptors (Lipinski definition) is 2. The zero-order valence-corrected chi connectivity index (χ0v) is 46.0. The van der Waals surface area contributed by atoms with E-state index in [0.717, 1.165) is 50.1 Å². The highest BCUT2D eigenvalue weighted by Gasteiger charge is 2.42. The number of fused-ring (bicyclic) bond motifs is 6. The third kappa shape index (κ3) is 8.57. The molecule has 0 unspecified atom stereocenters. The fourth-order valence-electron chi connectivity index (χ4n) is 13.5. The number of rotatable bonds is 10. The summed E-state index contributed by atoms with van der Waals surface area (Å²) in [7, 11) is 0. The van der Waals surface area contributed by atoms with Crippen LogP contribution >= 0.6 is 0 Å². The maximum Gasteiger partial charge on any atom is 0.218 e. The molecule has 0 N–H and O–H groups in total. The second kappa shape index (κ2) is 19.8. The summed E-state index contributed by atoms with van der Waals surface area (Å²) in [5.74, 6) is 0. The molecule has 0 aromatic heterocycles. The van der Waals surface area contributed by atoms with Gasteiger partial charge < -0.3 is 9.80 Å². The van der Waals surface area contributed by atoms with Gasteiger partial charge in [0.05, 0.1) is 0 Å². The van der Waals surface area contributed by atoms with Crippen LogP contribution in [0.2, 0.25) is 0 Å². The monoisotopic (exact) mass is 1010 g/mol. The van der Waals surface area contributed by atoms with Crippen LogP contribution in [0.15, 0.2) is 253 Å². The zero-order valence-electron chi connectivity index (χ0n) is 46.0. The lowest BCUT2D eigenvalue weighted by Crippen LogP contribution is -2.28. The molecule has 1 fully saturated rings. The third-order valence-corrected chi connectivity index (χ3v) is 17.4. The minimum atomic E-state index is -0.219. The van der Waals surface area contributed by atoms with Gasteiger partial charge >= 0.3 is 0 Å². The van der Waals surface area contributed by atoms with Gasteiger partial charge in [-0.3, -0.25) is 0 Å². The summed E-state index contributed by atoms with van der Waals surface area (Å²) in [4.78, 5) is 5.28. The highest BCUT2D eigenvalue weighted by molar-refractivity contribution is 6.17. The normalized spacial score (nSPS) is 17.7. The van der Waals surface area contributed by atoms with E-state index in [1.54, 1.807) is 0 Å². The molecule has 78 heavy (non-hydrogen) atoms. The number of hydrogen-bond donors (Lipinski definition) is 0. The molecule has 10 aromatic carbocycles. The summed E-state index contributed by atoms with van der Waals surface area (Å²) < 4.78 is 2.52. The molecule has 10 aromatic rings. The molecule has 0 saturated heterocycles. The van der Waals surface area contributed by atoms with Crippen LogP contribution in [0.5, 0.6) is 0 Å². The first-order valence-electron chi connectivity index (χ1n) is 28.2. The highest BCUT2D eigenvalue weighted by Crippen LogP contribution is 2.50. The number of nitrogens with zero attached hydrogens (tertiary/aromatic N) is 3. The maximum atomic E-state index is 2.64. The van der Waals surface area contributed by atoms with Crippen molar-refractivity contribution in [2.75, 3.05) is 22.9 Å². The van der Waals surface area contributed by atoms with Crippen molar-refractivity contribution < 1.29 is 0 Å². The minimum Gasteiger partial charge on any atom is -0.344 e. The summed E-state index contributed by atoms with van der Waals surface area (Å²) in [5, 5.41) is 10.6. The Balaban J connectivity index is 0.945. The lowest BCUT2D eigenvalue weighted by atomic mass is 9.83. The summed E-state index contributed by atoms with van der Waals surface area (Å²) in [5.41, 5.74) is 19.3. The lowest BCUT2D eigenvalue weighted by Gasteiger charge is -2.27. The number of para-hydroxylation sites is 2. The predicted octanol–water partition coefficient (Wildman–Crippen LogP) is 18.7. The van der Waals surface area contributed by atoms with Crippen LogP contribution in [0.3, 0.4) is 0 Å². The molecule has 3 nitrogen and oxygen atoms in total. The quantitative estimate of drug-likeness (QED) is 0.0998. The van der Waals surface area contributed by atoms with E-state index in [1.807, 2.05) is 0 Å². The maximum absolute atomic E-state index is 2.64. The topological polar surface area (TPSA) is 9.49 Å². The van der Waals surface area contributed by atoms with Crippen molar-refractivity contribution in [3.8, 4) is 0 Å². The summed E-state index contributed by atoms with van der Waals surface area (Å²) >= 11 is 0. The van der Waals surface area contributed by atoms with Crippen molar-refractivity contribution >= 4 is 71.6 Å². The van der Waals surface area contributed by atoms with Crippen molar-refractivity contribution in [1.29, 1.82) is 0 Å². The Morgan fingerprint density at radius 1 is 0.397 bits per heavy atom. The van der Waals surface area contributed by atoms with Gasteiger partial charge in [-0.1, -0.05) is 209 Å². The van der Waals surface area contributed by atoms with Crippen molar-refractivity contribution in [3.63, 3.8) is 0 Å². The predicted molar refractivity (Wildman–Crippen MR) is 334 cm³/mol. The molecule has 2 heterocycles. The van der Waals surface area contributed by atoms with E-state index >= 15 is 0 Å². The van der Waals surface area contributed by atoms with Crippen molar-refractivity contribution in [3.05, 3.63) is 286 Å². The van der Waals surface area contributed by atoms with Crippen LogP contribution in [0.25, 0.3) is 43.1 Å². The Labute approximate surface area is 461 Å². The van der Waals surface area contributed by atoms with Crippen molar-refractivity contribution in [1.82, 2.24) is 4.58 Å². The summed E-state index contributed by atoms with van der Waals surface area (Å²) in [6.07, 6.45) is 13.6. The van der Waals surface area contributed by atoms with E-state index in [-0.39, 0.29) is 10.8 Å². The van der Waals surface area contributed by atoms with Crippen LogP contribution in [-0.2, 0) is 23.7 Å². The Hall–Kier alpha value is -8.53. The first kappa shape index (κ1) is 49.1. The lowest BCUT2D eigenvalue weighted by molar-refractivity contribution is 0.630. The van der Waals surface area contributed by atoms with Gasteiger partial charge in [0.15, 0.2) is 0 Å². The molecule has 13 rings (SSSR count). The number of aryl methyl sites for hydroxylation is 2. The molecule has 0 bridgehead atoms. The molecule has 382 valence electrons. The van der Waals surface area contributed by atoms with Gasteiger partial charge in [-0.15, -0.1) is 0 Å². The second-order valence-corrected chi connectivity index (χ2v) is 23.0. The van der Waals surface area contributed by atoms with Gasteiger partial charge in [0.1, 0.15) is 0 Å². The fraction of sp³-hybridized carbons (Fsp3) is 0.187. The molecule has 3 aliphatic rings. The van der Waals surface area contributed by atoms with Crippen LogP contribution in [0, 0.1) is 13.8 Å². The van der Waals surface area contributed by atoms with E-state index in [0.29, 0.717) is 0 Å². The smallest absolute Gasteiger partial charge is 0.218 e. The molecule has 1 aliphatic carbocycles. The summed E-state index contributed by atoms with van der Waals surface area (Å²) in [6, 6.07) is 76.6. The zero-order chi connectivity index (χ0) is 53.1. The highest BCUT2D eigenvalue weighted by atomic mass is 15.2. The molecular weight excluding hydrogens is 943 g/mol. The summed E-state index contributed by atoms with van der Waals surface area (Å²) in [6.45, 7) is 15.9. The molecule has 3 heteroatoms. The SMILES string of the molecule is Cc1ccc2c(c1)C(C)(C)C(=C/C=C1\CC/C(=C\C=C3N(CCc4c5ccccc5cc5ccccc45)c4ccc(C)cc4C3(C)C)C1=[N+](c1ccccc1)c1ccccc1)N2CCc1c2ccccc2cc2ccccc12. The molecular formula is C75H68N3+. The average molecular weight is 1010 g/mol. The Morgan fingerprint density at radius 3 is 1.12 bits per heavy atom. The average Bonchev–Trinajstić information content (AvgIpc) is 4.07. The van der Waals surface area contributed by atoms with Gasteiger partial charge in [-0.2, -0.15) is 4.58 Å². The van der Waals surface area contributed by atoms with Crippen LogP contribution < -0.4 is 14.4 Å². The molecule has 0 spiro atoms. The van der Waals surface area contributed by atoms with Crippen LogP contribution in [0.1, 0.15) is 73.9 Å². The standard InChI is InChI=1S/C75H68N3/c1-51-33-39-69-67(47-51)74(3,4)71(76(69)45-43-65-61-29-17-13-21-55(61)49-56-22-14-18-30-62(56)65)41-37-53-35-36-54(73(53)78(59-25-9-7-10-26-59)60-27-11-8-12-28-60)38-42-72-75(5,6)68-48-52(2)34-40-70(68)77(72)46-44-66-63-31-19-15-23-57(63)50-58-24-16-20-32-64(58)66/h7-34,37-42,47-50H,35-36,43-46H2,1-6H3/q+1. The van der Waals surface area contributed by atoms with E-state index in [1.165, 1.54) is 116 Å². The molecule has 0 amide bonds. The van der Waals surface area contributed by atoms with Gasteiger partial charge in [0, 0.05) is 82.1 Å². The van der Waals surface area contributed by atoms with E-state index in [9.17, 15) is 0 Å². The molecule has 1 saturated carbocycles. The molecule has 0 radical (unpaired) electrons. The van der Waals surface area contributed by atoms with Crippen molar-refractivity contribution in [2.45, 2.75) is 78.1 Å². The number of benzene rings is 10. The van der Waals surface area contributed by atoms with Gasteiger partial charge in [-0.25, -0.2) is 0 Å². The number of allylic oxidation sites excluding steroid dienone is 8.